The monoisotopic (exact) mass is 287 g/mol. The van der Waals surface area contributed by atoms with E-state index in [2.05, 4.69) is 43.4 Å². The van der Waals surface area contributed by atoms with Crippen LogP contribution >= 0.6 is 0 Å². The van der Waals surface area contributed by atoms with Gasteiger partial charge in [-0.25, -0.2) is 0 Å². The van der Waals surface area contributed by atoms with E-state index in [0.717, 1.165) is 43.9 Å². The zero-order valence-electron chi connectivity index (χ0n) is 13.0. The Labute approximate surface area is 127 Å². The molecule has 1 unspecified atom stereocenters. The molecule has 3 nitrogen and oxygen atoms in total. The first kappa shape index (κ1) is 15.6. The number of rotatable bonds is 9. The number of benzene rings is 1. The summed E-state index contributed by atoms with van der Waals surface area (Å²) < 4.78 is 11.2. The number of unbranched alkanes of at least 4 members (excludes halogenated alkanes) is 1. The summed E-state index contributed by atoms with van der Waals surface area (Å²) in [6.45, 7) is 6.01. The molecule has 0 aliphatic rings. The predicted molar refractivity (Wildman–Crippen MR) is 85.7 cm³/mol. The maximum absolute atomic E-state index is 5.71. The smallest absolute Gasteiger partial charge is 0.119 e. The summed E-state index contributed by atoms with van der Waals surface area (Å²) >= 11 is 0. The Kier molecular flexibility index (Phi) is 6.35. The first-order valence-electron chi connectivity index (χ1n) is 7.82. The molecular weight excluding hydrogens is 262 g/mol. The molecule has 0 fully saturated rings. The van der Waals surface area contributed by atoms with Crippen LogP contribution in [0.1, 0.15) is 44.1 Å². The Bertz CT molecular complexity index is 490. The molecule has 3 heteroatoms. The van der Waals surface area contributed by atoms with Gasteiger partial charge in [-0.2, -0.15) is 0 Å². The average molecular weight is 287 g/mol. The van der Waals surface area contributed by atoms with Crippen LogP contribution in [0.3, 0.4) is 0 Å². The van der Waals surface area contributed by atoms with Crippen LogP contribution < -0.4 is 10.1 Å². The van der Waals surface area contributed by atoms with Crippen molar-refractivity contribution in [3.63, 3.8) is 0 Å². The molecule has 1 aromatic heterocycles. The van der Waals surface area contributed by atoms with Gasteiger partial charge in [-0.05, 0) is 42.8 Å². The van der Waals surface area contributed by atoms with Gasteiger partial charge in [0.2, 0.25) is 0 Å². The molecular formula is C18H25NO2. The van der Waals surface area contributed by atoms with Crippen LogP contribution in [-0.4, -0.2) is 13.2 Å². The van der Waals surface area contributed by atoms with Crippen molar-refractivity contribution in [3.8, 4) is 5.75 Å². The number of ether oxygens (including phenoxy) is 1. The molecule has 0 saturated carbocycles. The highest BCUT2D eigenvalue weighted by molar-refractivity contribution is 5.29. The highest BCUT2D eigenvalue weighted by atomic mass is 16.5. The summed E-state index contributed by atoms with van der Waals surface area (Å²) in [5.74, 6) is 1.95. The molecule has 114 valence electrons. The number of furan rings is 1. The van der Waals surface area contributed by atoms with E-state index >= 15 is 0 Å². The van der Waals surface area contributed by atoms with Crippen molar-refractivity contribution >= 4 is 0 Å². The summed E-state index contributed by atoms with van der Waals surface area (Å²) in [6, 6.07) is 12.6. The lowest BCUT2D eigenvalue weighted by atomic mass is 10.0. The zero-order chi connectivity index (χ0) is 14.9. The van der Waals surface area contributed by atoms with Crippen molar-refractivity contribution in [2.45, 2.75) is 39.2 Å². The third-order valence-electron chi connectivity index (χ3n) is 3.49. The Morgan fingerprint density at radius 2 is 1.95 bits per heavy atom. The van der Waals surface area contributed by atoms with Gasteiger partial charge in [0, 0.05) is 12.5 Å². The third-order valence-corrected chi connectivity index (χ3v) is 3.49. The highest BCUT2D eigenvalue weighted by Crippen LogP contribution is 2.21. The van der Waals surface area contributed by atoms with Crippen LogP contribution in [0.4, 0.5) is 0 Å². The summed E-state index contributed by atoms with van der Waals surface area (Å²) in [5, 5.41) is 3.51. The van der Waals surface area contributed by atoms with Gasteiger partial charge in [0.05, 0.1) is 12.9 Å². The average Bonchev–Trinajstić information content (AvgIpc) is 3.01. The Morgan fingerprint density at radius 1 is 1.14 bits per heavy atom. The fraction of sp³-hybridized carbons (Fsp3) is 0.444. The van der Waals surface area contributed by atoms with Crippen LogP contribution in [0.15, 0.2) is 47.1 Å². The summed E-state index contributed by atoms with van der Waals surface area (Å²) in [5.41, 5.74) is 1.26. The number of nitrogens with one attached hydrogen (secondary N) is 1. The zero-order valence-corrected chi connectivity index (χ0v) is 13.0. The normalized spacial score (nSPS) is 12.3. The molecule has 0 amide bonds. The van der Waals surface area contributed by atoms with Gasteiger partial charge in [0.25, 0.3) is 0 Å². The Hall–Kier alpha value is -1.74. The van der Waals surface area contributed by atoms with Crippen molar-refractivity contribution < 1.29 is 9.15 Å². The van der Waals surface area contributed by atoms with Crippen LogP contribution in [0.25, 0.3) is 0 Å². The molecule has 0 aliphatic heterocycles. The van der Waals surface area contributed by atoms with E-state index in [1.807, 2.05) is 12.1 Å². The fourth-order valence-electron chi connectivity index (χ4n) is 2.31. The molecule has 2 rings (SSSR count). The Balaban J connectivity index is 1.99. The van der Waals surface area contributed by atoms with Gasteiger partial charge >= 0.3 is 0 Å². The van der Waals surface area contributed by atoms with Gasteiger partial charge < -0.3 is 14.5 Å². The molecule has 21 heavy (non-hydrogen) atoms. The summed E-state index contributed by atoms with van der Waals surface area (Å²) in [7, 11) is 0. The maximum atomic E-state index is 5.71. The predicted octanol–water partition coefficient (Wildman–Crippen LogP) is 4.35. The van der Waals surface area contributed by atoms with Gasteiger partial charge in [-0.1, -0.05) is 32.4 Å². The quantitative estimate of drug-likeness (QED) is 0.696. The minimum atomic E-state index is 0.269. The van der Waals surface area contributed by atoms with E-state index in [1.165, 1.54) is 5.56 Å². The van der Waals surface area contributed by atoms with E-state index in [1.54, 1.807) is 6.26 Å². The molecule has 2 aromatic rings. The second kappa shape index (κ2) is 8.53. The first-order valence-corrected chi connectivity index (χ1v) is 7.82. The molecule has 0 bridgehead atoms. The van der Waals surface area contributed by atoms with Gasteiger partial charge in [-0.3, -0.25) is 0 Å². The van der Waals surface area contributed by atoms with E-state index in [0.29, 0.717) is 0 Å². The van der Waals surface area contributed by atoms with Crippen molar-refractivity contribution in [3.05, 3.63) is 54.0 Å². The van der Waals surface area contributed by atoms with Gasteiger partial charge in [0.1, 0.15) is 11.5 Å². The van der Waals surface area contributed by atoms with Crippen molar-refractivity contribution in [1.82, 2.24) is 5.32 Å². The largest absolute Gasteiger partial charge is 0.494 e. The minimum Gasteiger partial charge on any atom is -0.494 e. The second-order valence-corrected chi connectivity index (χ2v) is 5.16. The van der Waals surface area contributed by atoms with E-state index in [9.17, 15) is 0 Å². The molecule has 0 spiro atoms. The van der Waals surface area contributed by atoms with Crippen molar-refractivity contribution in [1.29, 1.82) is 0 Å². The molecule has 1 atom stereocenters. The minimum absolute atomic E-state index is 0.269. The maximum Gasteiger partial charge on any atom is 0.119 e. The van der Waals surface area contributed by atoms with Crippen LogP contribution in [0.2, 0.25) is 0 Å². The second-order valence-electron chi connectivity index (χ2n) is 5.16. The van der Waals surface area contributed by atoms with Crippen LogP contribution in [0.5, 0.6) is 5.75 Å². The Morgan fingerprint density at radius 3 is 2.57 bits per heavy atom. The van der Waals surface area contributed by atoms with Crippen molar-refractivity contribution in [2.75, 3.05) is 13.2 Å². The number of hydrogen-bond donors (Lipinski definition) is 1. The summed E-state index contributed by atoms with van der Waals surface area (Å²) in [4.78, 5) is 0. The topological polar surface area (TPSA) is 34.4 Å². The highest BCUT2D eigenvalue weighted by Gasteiger charge is 2.12. The molecule has 0 saturated heterocycles. The molecule has 1 heterocycles. The van der Waals surface area contributed by atoms with Gasteiger partial charge in [0.15, 0.2) is 0 Å². The van der Waals surface area contributed by atoms with E-state index in [-0.39, 0.29) is 6.04 Å². The molecule has 1 N–H and O–H groups in total. The lowest BCUT2D eigenvalue weighted by molar-refractivity contribution is 0.309. The standard InChI is InChI=1S/C18H25NO2/c1-3-5-12-20-16-10-8-15(9-11-16)18(19-4-2)14-17-7-6-13-21-17/h6-11,13,18-19H,3-5,12,14H2,1-2H3. The molecule has 1 aromatic carbocycles. The lowest BCUT2D eigenvalue weighted by Crippen LogP contribution is -2.22. The number of likely N-dealkylation sites (N-methyl/N-ethyl adjacent to an activating group) is 1. The van der Waals surface area contributed by atoms with Crippen LogP contribution in [0, 0.1) is 0 Å². The summed E-state index contributed by atoms with van der Waals surface area (Å²) in [6.07, 6.45) is 4.84. The fourth-order valence-corrected chi connectivity index (χ4v) is 2.31. The third kappa shape index (κ3) is 4.94. The van der Waals surface area contributed by atoms with Gasteiger partial charge in [-0.15, -0.1) is 0 Å². The van der Waals surface area contributed by atoms with Crippen LogP contribution in [-0.2, 0) is 6.42 Å². The molecule has 0 radical (unpaired) electrons. The lowest BCUT2D eigenvalue weighted by Gasteiger charge is -2.17. The molecule has 0 aliphatic carbocycles. The van der Waals surface area contributed by atoms with E-state index < -0.39 is 0 Å². The van der Waals surface area contributed by atoms with Crippen molar-refractivity contribution in [2.24, 2.45) is 0 Å². The van der Waals surface area contributed by atoms with E-state index in [4.69, 9.17) is 9.15 Å². The first-order chi connectivity index (χ1) is 10.3. The SMILES string of the molecule is CCCCOc1ccc(C(Cc2ccco2)NCC)cc1. The number of hydrogen-bond acceptors (Lipinski definition) is 3.